The fourth-order valence-corrected chi connectivity index (χ4v) is 6.00. The first-order valence-electron chi connectivity index (χ1n) is 10.4. The standard InChI is InChI=1S/C24H15Cl4N3O4S2/c1-10(21(32)31-24-30-13-4-2-3-5-14(13)37-24)36-12-8-6-11(7-9-12)29-22(33)15-16(23(34)35)18(26)20(28)19(27)17(15)25/h2-10H,1H3,(H,29,33)(H,34,35)(H,30,31,32). The lowest BCUT2D eigenvalue weighted by Crippen LogP contribution is -2.22. The molecule has 3 aromatic carbocycles. The van der Waals surface area contributed by atoms with E-state index in [9.17, 15) is 19.5 Å². The second kappa shape index (κ2) is 11.5. The maximum absolute atomic E-state index is 12.9. The molecule has 1 unspecified atom stereocenters. The molecule has 0 aliphatic heterocycles. The zero-order valence-electron chi connectivity index (χ0n) is 18.6. The number of thiazole rings is 1. The van der Waals surface area contributed by atoms with Crippen molar-refractivity contribution in [3.05, 3.63) is 79.7 Å². The van der Waals surface area contributed by atoms with Crippen molar-refractivity contribution < 1.29 is 19.5 Å². The number of rotatable bonds is 7. The van der Waals surface area contributed by atoms with Gasteiger partial charge in [-0.05, 0) is 43.3 Å². The first-order chi connectivity index (χ1) is 17.6. The topological polar surface area (TPSA) is 108 Å². The number of thioether (sulfide) groups is 1. The predicted octanol–water partition coefficient (Wildman–Crippen LogP) is 7.98. The maximum atomic E-state index is 12.9. The first kappa shape index (κ1) is 27.5. The Morgan fingerprint density at radius 2 is 1.51 bits per heavy atom. The lowest BCUT2D eigenvalue weighted by Gasteiger charge is -2.14. The highest BCUT2D eigenvalue weighted by molar-refractivity contribution is 8.00. The Bertz CT molecular complexity index is 1510. The summed E-state index contributed by atoms with van der Waals surface area (Å²) in [5.41, 5.74) is 0.210. The number of nitrogens with one attached hydrogen (secondary N) is 2. The van der Waals surface area contributed by atoms with Crippen molar-refractivity contribution in [3.8, 4) is 0 Å². The molecule has 1 aromatic heterocycles. The lowest BCUT2D eigenvalue weighted by molar-refractivity contribution is -0.115. The zero-order valence-corrected chi connectivity index (χ0v) is 23.3. The van der Waals surface area contributed by atoms with Crippen molar-refractivity contribution in [2.45, 2.75) is 17.1 Å². The SMILES string of the molecule is CC(Sc1ccc(NC(=O)c2c(Cl)c(Cl)c(Cl)c(Cl)c2C(=O)O)cc1)C(=O)Nc1nc2ccccc2s1. The molecule has 0 saturated heterocycles. The number of carbonyl (C=O) groups is 3. The largest absolute Gasteiger partial charge is 0.478 e. The van der Waals surface area contributed by atoms with Gasteiger partial charge >= 0.3 is 5.97 Å². The summed E-state index contributed by atoms with van der Waals surface area (Å²) in [6.45, 7) is 1.77. The second-order valence-corrected chi connectivity index (χ2v) is 11.5. The summed E-state index contributed by atoms with van der Waals surface area (Å²) in [6.07, 6.45) is 0. The van der Waals surface area contributed by atoms with E-state index in [0.717, 1.165) is 15.1 Å². The van der Waals surface area contributed by atoms with Gasteiger partial charge in [0.05, 0.1) is 46.7 Å². The van der Waals surface area contributed by atoms with Gasteiger partial charge in [-0.2, -0.15) is 0 Å². The normalized spacial score (nSPS) is 11.8. The number of carboxylic acid groups (broad SMARTS) is 1. The molecule has 1 atom stereocenters. The molecule has 2 amide bonds. The van der Waals surface area contributed by atoms with E-state index in [1.165, 1.54) is 23.1 Å². The van der Waals surface area contributed by atoms with Crippen molar-refractivity contribution in [2.24, 2.45) is 0 Å². The van der Waals surface area contributed by atoms with E-state index in [1.54, 1.807) is 31.2 Å². The molecular formula is C24H15Cl4N3O4S2. The summed E-state index contributed by atoms with van der Waals surface area (Å²) in [6, 6.07) is 14.2. The fourth-order valence-electron chi connectivity index (χ4n) is 3.25. The van der Waals surface area contributed by atoms with E-state index in [4.69, 9.17) is 46.4 Å². The van der Waals surface area contributed by atoms with E-state index in [-0.39, 0.29) is 21.0 Å². The van der Waals surface area contributed by atoms with Gasteiger partial charge in [0.25, 0.3) is 5.91 Å². The number of para-hydroxylation sites is 1. The van der Waals surface area contributed by atoms with Gasteiger partial charge in [-0.1, -0.05) is 69.9 Å². The number of fused-ring (bicyclic) bond motifs is 1. The minimum absolute atomic E-state index is 0.200. The van der Waals surface area contributed by atoms with Crippen LogP contribution in [0.15, 0.2) is 53.4 Å². The Kier molecular flexibility index (Phi) is 8.52. The number of carbonyl (C=O) groups excluding carboxylic acids is 2. The van der Waals surface area contributed by atoms with Gasteiger partial charge in [-0.3, -0.25) is 9.59 Å². The molecule has 0 aliphatic carbocycles. The Balaban J connectivity index is 1.43. The number of carboxylic acids is 1. The Morgan fingerprint density at radius 1 is 0.892 bits per heavy atom. The van der Waals surface area contributed by atoms with Crippen LogP contribution >= 0.6 is 69.5 Å². The summed E-state index contributed by atoms with van der Waals surface area (Å²) < 4.78 is 0.982. The van der Waals surface area contributed by atoms with Crippen LogP contribution in [0.1, 0.15) is 27.6 Å². The van der Waals surface area contributed by atoms with Crippen LogP contribution in [-0.4, -0.2) is 33.1 Å². The number of hydrogen-bond acceptors (Lipinski definition) is 6. The number of anilines is 2. The molecule has 0 radical (unpaired) electrons. The molecule has 190 valence electrons. The van der Waals surface area contributed by atoms with Gasteiger partial charge in [-0.25, -0.2) is 9.78 Å². The molecule has 7 nitrogen and oxygen atoms in total. The van der Waals surface area contributed by atoms with Gasteiger partial charge in [0, 0.05) is 10.6 Å². The van der Waals surface area contributed by atoms with Gasteiger partial charge in [-0.15, -0.1) is 11.8 Å². The highest BCUT2D eigenvalue weighted by Crippen LogP contribution is 2.42. The quantitative estimate of drug-likeness (QED) is 0.111. The van der Waals surface area contributed by atoms with Crippen LogP contribution in [0, 0.1) is 0 Å². The number of hydrogen-bond donors (Lipinski definition) is 3. The number of benzene rings is 3. The van der Waals surface area contributed by atoms with Crippen LogP contribution in [0.3, 0.4) is 0 Å². The van der Waals surface area contributed by atoms with E-state index in [0.29, 0.717) is 10.8 Å². The minimum atomic E-state index is -1.49. The molecular weight excluding hydrogens is 600 g/mol. The predicted molar refractivity (Wildman–Crippen MR) is 151 cm³/mol. The molecule has 37 heavy (non-hydrogen) atoms. The molecule has 0 aliphatic rings. The molecule has 1 heterocycles. The molecule has 0 spiro atoms. The van der Waals surface area contributed by atoms with Crippen LogP contribution in [0.4, 0.5) is 10.8 Å². The fraction of sp³-hybridized carbons (Fsp3) is 0.0833. The van der Waals surface area contributed by atoms with Crippen molar-refractivity contribution in [3.63, 3.8) is 0 Å². The number of aromatic carboxylic acids is 1. The third-order valence-electron chi connectivity index (χ3n) is 5.03. The summed E-state index contributed by atoms with van der Waals surface area (Å²) in [7, 11) is 0. The van der Waals surface area contributed by atoms with Crippen LogP contribution in [0.25, 0.3) is 10.2 Å². The third kappa shape index (κ3) is 5.98. The zero-order chi connectivity index (χ0) is 26.9. The van der Waals surface area contributed by atoms with Crippen molar-refractivity contribution in [2.75, 3.05) is 10.6 Å². The maximum Gasteiger partial charge on any atom is 0.338 e. The monoisotopic (exact) mass is 613 g/mol. The third-order valence-corrected chi connectivity index (χ3v) is 8.89. The van der Waals surface area contributed by atoms with Crippen LogP contribution < -0.4 is 10.6 Å². The average molecular weight is 615 g/mol. The molecule has 4 aromatic rings. The summed E-state index contributed by atoms with van der Waals surface area (Å²) in [5, 5.41) is 13.8. The van der Waals surface area contributed by atoms with Crippen LogP contribution in [0.5, 0.6) is 0 Å². The number of nitrogens with zero attached hydrogens (tertiary/aromatic N) is 1. The summed E-state index contributed by atoms with van der Waals surface area (Å²) in [5.74, 6) is -2.51. The highest BCUT2D eigenvalue weighted by Gasteiger charge is 2.29. The van der Waals surface area contributed by atoms with Gasteiger partial charge < -0.3 is 15.7 Å². The lowest BCUT2D eigenvalue weighted by atomic mass is 10.1. The molecule has 0 fully saturated rings. The van der Waals surface area contributed by atoms with Crippen molar-refractivity contribution in [1.82, 2.24) is 4.98 Å². The number of amides is 2. The Morgan fingerprint density at radius 3 is 2.14 bits per heavy atom. The van der Waals surface area contributed by atoms with Gasteiger partial charge in [0.1, 0.15) is 0 Å². The molecule has 0 bridgehead atoms. The second-order valence-electron chi connectivity index (χ2n) is 7.53. The Hall–Kier alpha value is -2.53. The Labute approximate surface area is 239 Å². The van der Waals surface area contributed by atoms with E-state index in [2.05, 4.69) is 15.6 Å². The highest BCUT2D eigenvalue weighted by atomic mass is 35.5. The summed E-state index contributed by atoms with van der Waals surface area (Å²) in [4.78, 5) is 42.4. The molecule has 4 rings (SSSR count). The number of aromatic nitrogens is 1. The van der Waals surface area contributed by atoms with Crippen molar-refractivity contribution >= 4 is 108 Å². The number of halogens is 4. The van der Waals surface area contributed by atoms with Crippen molar-refractivity contribution in [1.29, 1.82) is 0 Å². The smallest absolute Gasteiger partial charge is 0.338 e. The van der Waals surface area contributed by atoms with Crippen LogP contribution in [0.2, 0.25) is 20.1 Å². The van der Waals surface area contributed by atoms with Gasteiger partial charge in [0.2, 0.25) is 5.91 Å². The van der Waals surface area contributed by atoms with E-state index in [1.807, 2.05) is 24.3 Å². The van der Waals surface area contributed by atoms with Crippen LogP contribution in [-0.2, 0) is 4.79 Å². The molecule has 0 saturated carbocycles. The first-order valence-corrected chi connectivity index (χ1v) is 13.6. The molecule has 13 heteroatoms. The van der Waals surface area contributed by atoms with E-state index < -0.39 is 33.3 Å². The summed E-state index contributed by atoms with van der Waals surface area (Å²) >= 11 is 26.8. The molecule has 3 N–H and O–H groups in total. The average Bonchev–Trinajstić information content (AvgIpc) is 3.27. The van der Waals surface area contributed by atoms with Gasteiger partial charge in [0.15, 0.2) is 5.13 Å². The van der Waals surface area contributed by atoms with E-state index >= 15 is 0 Å². The minimum Gasteiger partial charge on any atom is -0.478 e.